The number of nitrogens with one attached hydrogen (secondary N) is 1. The largest absolute Gasteiger partial charge is 0.289 e. The quantitative estimate of drug-likeness (QED) is 0.699. The van der Waals surface area contributed by atoms with Gasteiger partial charge >= 0.3 is 0 Å². The molecular weight excluding hydrogens is 214 g/mol. The van der Waals surface area contributed by atoms with Crippen molar-refractivity contribution in [2.45, 2.75) is 38.5 Å². The molecule has 90 valence electrons. The molecule has 0 aromatic carbocycles. The first-order valence-corrected chi connectivity index (χ1v) is 6.72. The summed E-state index contributed by atoms with van der Waals surface area (Å²) < 4.78 is 0. The average Bonchev–Trinajstić information content (AvgIpc) is 2.56. The van der Waals surface area contributed by atoms with E-state index in [0.717, 1.165) is 42.6 Å². The molecule has 0 radical (unpaired) electrons. The number of imide groups is 1. The Balaban J connectivity index is 1.75. The van der Waals surface area contributed by atoms with Gasteiger partial charge in [0.15, 0.2) is 0 Å². The van der Waals surface area contributed by atoms with Crippen molar-refractivity contribution in [3.8, 4) is 0 Å². The molecule has 1 N–H and O–H groups in total. The topological polar surface area (TPSA) is 46.2 Å². The van der Waals surface area contributed by atoms with Gasteiger partial charge in [-0.3, -0.25) is 14.9 Å². The van der Waals surface area contributed by atoms with E-state index in [0.29, 0.717) is 0 Å². The zero-order valence-corrected chi connectivity index (χ0v) is 9.87. The van der Waals surface area contributed by atoms with Gasteiger partial charge < -0.3 is 0 Å². The van der Waals surface area contributed by atoms with E-state index in [1.54, 1.807) is 6.08 Å². The highest BCUT2D eigenvalue weighted by Gasteiger charge is 2.54. The van der Waals surface area contributed by atoms with E-state index >= 15 is 0 Å². The van der Waals surface area contributed by atoms with Gasteiger partial charge in [0, 0.05) is 17.1 Å². The van der Waals surface area contributed by atoms with Crippen LogP contribution in [-0.2, 0) is 9.59 Å². The second-order valence-electron chi connectivity index (χ2n) is 6.57. The Morgan fingerprint density at radius 1 is 1.00 bits per heavy atom. The monoisotopic (exact) mass is 231 g/mol. The lowest BCUT2D eigenvalue weighted by molar-refractivity contribution is -0.125. The molecule has 3 heteroatoms. The standard InChI is InChI=1S/C14H17NO2/c16-12-4-11(13(17)15-12)14-5-8-1-9(6-14)3-10(2-8)7-14/h4,8-10H,1-3,5-7H2,(H,15,16,17). The molecule has 1 aliphatic heterocycles. The van der Waals surface area contributed by atoms with Gasteiger partial charge in [0.05, 0.1) is 0 Å². The Morgan fingerprint density at radius 2 is 1.53 bits per heavy atom. The first-order chi connectivity index (χ1) is 8.14. The molecule has 2 amide bonds. The van der Waals surface area contributed by atoms with Gasteiger partial charge in [-0.1, -0.05) is 0 Å². The molecule has 0 saturated heterocycles. The third-order valence-corrected chi connectivity index (χ3v) is 5.37. The van der Waals surface area contributed by atoms with Crippen molar-refractivity contribution < 1.29 is 9.59 Å². The maximum atomic E-state index is 11.9. The van der Waals surface area contributed by atoms with Crippen LogP contribution in [0.3, 0.4) is 0 Å². The second-order valence-corrected chi connectivity index (χ2v) is 6.57. The summed E-state index contributed by atoms with van der Waals surface area (Å²) >= 11 is 0. The van der Waals surface area contributed by atoms with Gasteiger partial charge in [-0.2, -0.15) is 0 Å². The summed E-state index contributed by atoms with van der Waals surface area (Å²) in [5.41, 5.74) is 0.868. The first-order valence-electron chi connectivity index (χ1n) is 6.72. The Morgan fingerprint density at radius 3 is 1.94 bits per heavy atom. The van der Waals surface area contributed by atoms with Crippen molar-refractivity contribution in [2.75, 3.05) is 0 Å². The van der Waals surface area contributed by atoms with Crippen LogP contribution in [0.4, 0.5) is 0 Å². The molecule has 4 fully saturated rings. The SMILES string of the molecule is O=C1C=C(C23CC4CC(CC(C4)C2)C3)C(=O)N1. The summed E-state index contributed by atoms with van der Waals surface area (Å²) in [4.78, 5) is 23.2. The van der Waals surface area contributed by atoms with Crippen LogP contribution in [-0.4, -0.2) is 11.8 Å². The lowest BCUT2D eigenvalue weighted by atomic mass is 9.48. The van der Waals surface area contributed by atoms with E-state index in [1.807, 2.05) is 0 Å². The zero-order chi connectivity index (χ0) is 11.6. The van der Waals surface area contributed by atoms with Crippen LogP contribution in [0.2, 0.25) is 0 Å². The Bertz CT molecular complexity index is 414. The van der Waals surface area contributed by atoms with Crippen LogP contribution in [0.25, 0.3) is 0 Å². The molecular formula is C14H17NO2. The molecule has 17 heavy (non-hydrogen) atoms. The van der Waals surface area contributed by atoms with Crippen molar-refractivity contribution in [1.82, 2.24) is 5.32 Å². The van der Waals surface area contributed by atoms with Crippen LogP contribution in [0, 0.1) is 23.2 Å². The van der Waals surface area contributed by atoms with Crippen LogP contribution in [0.1, 0.15) is 38.5 Å². The van der Waals surface area contributed by atoms with E-state index in [9.17, 15) is 9.59 Å². The summed E-state index contributed by atoms with van der Waals surface area (Å²) in [7, 11) is 0. The van der Waals surface area contributed by atoms with Gasteiger partial charge in [-0.15, -0.1) is 0 Å². The maximum Gasteiger partial charge on any atom is 0.254 e. The predicted octanol–water partition coefficient (Wildman–Crippen LogP) is 1.79. The van der Waals surface area contributed by atoms with E-state index in [2.05, 4.69) is 5.32 Å². The van der Waals surface area contributed by atoms with E-state index in [1.165, 1.54) is 19.3 Å². The highest BCUT2D eigenvalue weighted by molar-refractivity contribution is 6.16. The fourth-order valence-corrected chi connectivity index (χ4v) is 5.25. The van der Waals surface area contributed by atoms with E-state index < -0.39 is 0 Å². The highest BCUT2D eigenvalue weighted by Crippen LogP contribution is 2.62. The van der Waals surface area contributed by atoms with Gasteiger partial charge in [0.25, 0.3) is 11.8 Å². The molecule has 5 aliphatic rings. The van der Waals surface area contributed by atoms with Crippen LogP contribution < -0.4 is 5.32 Å². The van der Waals surface area contributed by atoms with Crippen molar-refractivity contribution >= 4 is 11.8 Å². The number of hydrogen-bond donors (Lipinski definition) is 1. The second kappa shape index (κ2) is 3.01. The van der Waals surface area contributed by atoms with Crippen LogP contribution in [0.5, 0.6) is 0 Å². The van der Waals surface area contributed by atoms with Gasteiger partial charge in [-0.25, -0.2) is 0 Å². The zero-order valence-electron chi connectivity index (χ0n) is 9.87. The number of rotatable bonds is 1. The maximum absolute atomic E-state index is 11.9. The van der Waals surface area contributed by atoms with Gasteiger partial charge in [-0.05, 0) is 56.3 Å². The summed E-state index contributed by atoms with van der Waals surface area (Å²) in [5, 5.41) is 2.42. The van der Waals surface area contributed by atoms with Crippen molar-refractivity contribution in [3.05, 3.63) is 11.6 Å². The minimum atomic E-state index is -0.208. The highest BCUT2D eigenvalue weighted by atomic mass is 16.2. The predicted molar refractivity (Wildman–Crippen MR) is 61.8 cm³/mol. The molecule has 0 unspecified atom stereocenters. The number of amides is 2. The molecule has 3 nitrogen and oxygen atoms in total. The van der Waals surface area contributed by atoms with Crippen molar-refractivity contribution in [2.24, 2.45) is 23.2 Å². The Kier molecular flexibility index (Phi) is 1.74. The minimum absolute atomic E-state index is 0.0605. The fourth-order valence-electron chi connectivity index (χ4n) is 5.25. The lowest BCUT2D eigenvalue weighted by Crippen LogP contribution is -2.48. The number of carbonyl (C=O) groups is 2. The van der Waals surface area contributed by atoms with E-state index in [-0.39, 0.29) is 17.2 Å². The molecule has 1 heterocycles. The molecule has 5 rings (SSSR count). The minimum Gasteiger partial charge on any atom is -0.289 e. The molecule has 0 atom stereocenters. The van der Waals surface area contributed by atoms with Gasteiger partial charge in [0.2, 0.25) is 0 Å². The smallest absolute Gasteiger partial charge is 0.254 e. The molecule has 0 aromatic heterocycles. The van der Waals surface area contributed by atoms with Crippen molar-refractivity contribution in [1.29, 1.82) is 0 Å². The number of hydrogen-bond acceptors (Lipinski definition) is 2. The number of carbonyl (C=O) groups excluding carboxylic acids is 2. The van der Waals surface area contributed by atoms with Gasteiger partial charge in [0.1, 0.15) is 0 Å². The first kappa shape index (κ1) is 9.86. The van der Waals surface area contributed by atoms with Crippen LogP contribution in [0.15, 0.2) is 11.6 Å². The summed E-state index contributed by atoms with van der Waals surface area (Å²) in [6, 6.07) is 0. The third kappa shape index (κ3) is 1.28. The molecule has 4 bridgehead atoms. The lowest BCUT2D eigenvalue weighted by Gasteiger charge is -2.57. The Labute approximate surface area is 101 Å². The molecule has 0 spiro atoms. The third-order valence-electron chi connectivity index (χ3n) is 5.37. The summed E-state index contributed by atoms with van der Waals surface area (Å²) in [6.07, 6.45) is 9.10. The molecule has 4 saturated carbocycles. The molecule has 0 aromatic rings. The fraction of sp³-hybridized carbons (Fsp3) is 0.714. The Hall–Kier alpha value is -1.12. The summed E-state index contributed by atoms with van der Waals surface area (Å²) in [5.74, 6) is 2.11. The average molecular weight is 231 g/mol. The molecule has 4 aliphatic carbocycles. The van der Waals surface area contributed by atoms with Crippen LogP contribution >= 0.6 is 0 Å². The normalized spacial score (nSPS) is 47.3. The summed E-state index contributed by atoms with van der Waals surface area (Å²) in [6.45, 7) is 0. The van der Waals surface area contributed by atoms with E-state index in [4.69, 9.17) is 0 Å². The van der Waals surface area contributed by atoms with Crippen molar-refractivity contribution in [3.63, 3.8) is 0 Å².